The predicted molar refractivity (Wildman–Crippen MR) is 83.6 cm³/mol. The van der Waals surface area contributed by atoms with Crippen molar-refractivity contribution < 1.29 is 14.5 Å². The lowest BCUT2D eigenvalue weighted by atomic mass is 9.94. The number of nitrogens with zero attached hydrogens (tertiary/aromatic N) is 3. The van der Waals surface area contributed by atoms with E-state index in [0.29, 0.717) is 11.3 Å². The summed E-state index contributed by atoms with van der Waals surface area (Å²) in [6, 6.07) is 5.08. The third-order valence-corrected chi connectivity index (χ3v) is 3.51. The summed E-state index contributed by atoms with van der Waals surface area (Å²) in [4.78, 5) is 35.8. The Labute approximate surface area is 137 Å². The molecule has 1 aromatic carbocycles. The summed E-state index contributed by atoms with van der Waals surface area (Å²) in [5.41, 5.74) is 0.561. The molecule has 4 amide bonds. The van der Waals surface area contributed by atoms with Crippen LogP contribution in [0.3, 0.4) is 0 Å². The van der Waals surface area contributed by atoms with Gasteiger partial charge in [-0.3, -0.25) is 10.1 Å². The number of imide groups is 1. The molecule has 0 aromatic heterocycles. The van der Waals surface area contributed by atoms with Gasteiger partial charge in [0.2, 0.25) is 0 Å². The van der Waals surface area contributed by atoms with Crippen molar-refractivity contribution in [3.8, 4) is 6.07 Å². The number of rotatable bonds is 3. The van der Waals surface area contributed by atoms with Crippen LogP contribution in [0.5, 0.6) is 0 Å². The standard InChI is InChI=1S/C15H15N5O4/c1-3-17-14(21)19-13(12(8-16)9(2)18-15(19)22)10-5-4-6-11(7-10)20(23)24/h4-7,13H,3H2,1-2H3,(H,17,21)(H,18,22). The van der Waals surface area contributed by atoms with Crippen LogP contribution in [-0.4, -0.2) is 28.4 Å². The average molecular weight is 329 g/mol. The smallest absolute Gasteiger partial charge is 0.330 e. The van der Waals surface area contributed by atoms with Gasteiger partial charge in [0.25, 0.3) is 5.69 Å². The van der Waals surface area contributed by atoms with Gasteiger partial charge in [0, 0.05) is 24.4 Å². The minimum Gasteiger partial charge on any atom is -0.338 e. The molecule has 0 radical (unpaired) electrons. The van der Waals surface area contributed by atoms with Crippen molar-refractivity contribution in [3.63, 3.8) is 0 Å². The molecule has 1 aliphatic rings. The summed E-state index contributed by atoms with van der Waals surface area (Å²) >= 11 is 0. The number of allylic oxidation sites excluding steroid dienone is 1. The van der Waals surface area contributed by atoms with E-state index in [1.807, 2.05) is 6.07 Å². The molecule has 1 aliphatic heterocycles. The number of amides is 4. The van der Waals surface area contributed by atoms with Gasteiger partial charge in [-0.15, -0.1) is 0 Å². The van der Waals surface area contributed by atoms with Gasteiger partial charge >= 0.3 is 12.1 Å². The molecule has 0 saturated heterocycles. The van der Waals surface area contributed by atoms with Crippen molar-refractivity contribution in [1.29, 1.82) is 5.26 Å². The SMILES string of the molecule is CCNC(=O)N1C(=O)NC(C)=C(C#N)C1c1cccc([N+](=O)[O-])c1. The topological polar surface area (TPSA) is 128 Å². The fraction of sp³-hybridized carbons (Fsp3) is 0.267. The lowest BCUT2D eigenvalue weighted by Gasteiger charge is -2.34. The molecule has 0 spiro atoms. The molecule has 0 aliphatic carbocycles. The molecule has 0 saturated carbocycles. The van der Waals surface area contributed by atoms with E-state index in [9.17, 15) is 25.0 Å². The normalized spacial score (nSPS) is 17.1. The Morgan fingerprint density at radius 2 is 2.25 bits per heavy atom. The predicted octanol–water partition coefficient (Wildman–Crippen LogP) is 2.19. The van der Waals surface area contributed by atoms with E-state index >= 15 is 0 Å². The maximum atomic E-state index is 12.3. The minimum atomic E-state index is -1.03. The van der Waals surface area contributed by atoms with Crippen molar-refractivity contribution in [2.45, 2.75) is 19.9 Å². The van der Waals surface area contributed by atoms with E-state index in [0.717, 1.165) is 4.90 Å². The number of nitro groups is 1. The summed E-state index contributed by atoms with van der Waals surface area (Å²) in [6.07, 6.45) is 0. The number of nitrogens with one attached hydrogen (secondary N) is 2. The molecule has 24 heavy (non-hydrogen) atoms. The average Bonchev–Trinajstić information content (AvgIpc) is 2.54. The lowest BCUT2D eigenvalue weighted by Crippen LogP contribution is -2.53. The van der Waals surface area contributed by atoms with Crippen LogP contribution in [0.25, 0.3) is 0 Å². The van der Waals surface area contributed by atoms with Gasteiger partial charge in [-0.2, -0.15) is 5.26 Å². The molecule has 9 nitrogen and oxygen atoms in total. The van der Waals surface area contributed by atoms with Crippen molar-refractivity contribution in [1.82, 2.24) is 15.5 Å². The number of urea groups is 2. The number of nitriles is 1. The van der Waals surface area contributed by atoms with Crippen molar-refractivity contribution in [2.75, 3.05) is 6.54 Å². The number of hydrogen-bond donors (Lipinski definition) is 2. The van der Waals surface area contributed by atoms with Crippen LogP contribution in [0.4, 0.5) is 15.3 Å². The van der Waals surface area contributed by atoms with E-state index in [1.54, 1.807) is 6.92 Å². The molecule has 9 heteroatoms. The Kier molecular flexibility index (Phi) is 4.79. The van der Waals surface area contributed by atoms with Gasteiger partial charge < -0.3 is 10.6 Å². The van der Waals surface area contributed by atoms with Gasteiger partial charge in [-0.05, 0) is 19.4 Å². The second-order valence-electron chi connectivity index (χ2n) is 5.04. The first kappa shape index (κ1) is 17.0. The Hall–Kier alpha value is -3.41. The quantitative estimate of drug-likeness (QED) is 0.648. The Morgan fingerprint density at radius 1 is 1.54 bits per heavy atom. The molecule has 124 valence electrons. The molecule has 2 N–H and O–H groups in total. The maximum Gasteiger partial charge on any atom is 0.330 e. The second kappa shape index (κ2) is 6.78. The summed E-state index contributed by atoms with van der Waals surface area (Å²) in [7, 11) is 0. The first-order chi connectivity index (χ1) is 11.4. The highest BCUT2D eigenvalue weighted by Crippen LogP contribution is 2.34. The summed E-state index contributed by atoms with van der Waals surface area (Å²) in [6.45, 7) is 3.51. The molecular weight excluding hydrogens is 314 g/mol. The zero-order chi connectivity index (χ0) is 17.9. The van der Waals surface area contributed by atoms with Crippen LogP contribution >= 0.6 is 0 Å². The number of carbonyl (C=O) groups is 2. The summed E-state index contributed by atoms with van der Waals surface area (Å²) in [5, 5.41) is 25.4. The number of carbonyl (C=O) groups excluding carboxylic acids is 2. The third kappa shape index (κ3) is 3.03. The van der Waals surface area contributed by atoms with Crippen LogP contribution < -0.4 is 10.6 Å². The van der Waals surface area contributed by atoms with Crippen molar-refractivity contribution in [3.05, 3.63) is 51.2 Å². The molecular formula is C15H15N5O4. The highest BCUT2D eigenvalue weighted by Gasteiger charge is 2.39. The van der Waals surface area contributed by atoms with Crippen molar-refractivity contribution in [2.24, 2.45) is 0 Å². The summed E-state index contributed by atoms with van der Waals surface area (Å²) < 4.78 is 0. The van der Waals surface area contributed by atoms with Crippen LogP contribution in [0.2, 0.25) is 0 Å². The van der Waals surface area contributed by atoms with E-state index < -0.39 is 23.0 Å². The fourth-order valence-electron chi connectivity index (χ4n) is 2.45. The van der Waals surface area contributed by atoms with Crippen LogP contribution in [0, 0.1) is 21.4 Å². The van der Waals surface area contributed by atoms with Gasteiger partial charge in [0.15, 0.2) is 0 Å². The van der Waals surface area contributed by atoms with Gasteiger partial charge in [-0.25, -0.2) is 14.5 Å². The molecule has 0 bridgehead atoms. The van der Waals surface area contributed by atoms with Crippen LogP contribution in [0.1, 0.15) is 25.5 Å². The zero-order valence-corrected chi connectivity index (χ0v) is 13.1. The molecule has 2 rings (SSSR count). The number of non-ortho nitro benzene ring substituents is 1. The number of nitro benzene ring substituents is 1. The number of hydrogen-bond acceptors (Lipinski definition) is 5. The molecule has 0 fully saturated rings. The Balaban J connectivity index is 2.62. The molecule has 1 atom stereocenters. The van der Waals surface area contributed by atoms with E-state index in [-0.39, 0.29) is 17.8 Å². The lowest BCUT2D eigenvalue weighted by molar-refractivity contribution is -0.384. The fourth-order valence-corrected chi connectivity index (χ4v) is 2.45. The molecule has 1 heterocycles. The molecule has 1 aromatic rings. The highest BCUT2D eigenvalue weighted by molar-refractivity contribution is 5.96. The maximum absolute atomic E-state index is 12.3. The van der Waals surface area contributed by atoms with E-state index in [2.05, 4.69) is 10.6 Å². The number of benzene rings is 1. The largest absolute Gasteiger partial charge is 0.338 e. The zero-order valence-electron chi connectivity index (χ0n) is 13.1. The first-order valence-electron chi connectivity index (χ1n) is 7.14. The highest BCUT2D eigenvalue weighted by atomic mass is 16.6. The van der Waals surface area contributed by atoms with Crippen LogP contribution in [0.15, 0.2) is 35.5 Å². The van der Waals surface area contributed by atoms with Crippen molar-refractivity contribution >= 4 is 17.7 Å². The third-order valence-electron chi connectivity index (χ3n) is 3.51. The summed E-state index contributed by atoms with van der Waals surface area (Å²) in [5.74, 6) is 0. The minimum absolute atomic E-state index is 0.140. The van der Waals surface area contributed by atoms with E-state index in [4.69, 9.17) is 0 Å². The molecule has 1 unspecified atom stereocenters. The van der Waals surface area contributed by atoms with E-state index in [1.165, 1.54) is 31.2 Å². The second-order valence-corrected chi connectivity index (χ2v) is 5.04. The first-order valence-corrected chi connectivity index (χ1v) is 7.14. The monoisotopic (exact) mass is 329 g/mol. The Morgan fingerprint density at radius 3 is 2.83 bits per heavy atom. The van der Waals surface area contributed by atoms with Crippen LogP contribution in [-0.2, 0) is 0 Å². The van der Waals surface area contributed by atoms with Gasteiger partial charge in [0.1, 0.15) is 6.04 Å². The Bertz CT molecular complexity index is 780. The van der Waals surface area contributed by atoms with Gasteiger partial charge in [0.05, 0.1) is 16.6 Å². The van der Waals surface area contributed by atoms with Gasteiger partial charge in [-0.1, -0.05) is 12.1 Å².